The maximum absolute atomic E-state index is 13.2. The van der Waals surface area contributed by atoms with Gasteiger partial charge in [-0.05, 0) is 55.5 Å². The highest BCUT2D eigenvalue weighted by Crippen LogP contribution is 2.29. The van der Waals surface area contributed by atoms with Crippen LogP contribution in [0, 0.1) is 6.92 Å². The number of carbonyl (C=O) groups excluding carboxylic acids is 4. The van der Waals surface area contributed by atoms with E-state index >= 15 is 0 Å². The Hall–Kier alpha value is -4.24. The van der Waals surface area contributed by atoms with Crippen LogP contribution in [0.25, 0.3) is 6.08 Å². The number of halogens is 1. The largest absolute Gasteiger partial charge is 0.497 e. The summed E-state index contributed by atoms with van der Waals surface area (Å²) < 4.78 is 11.4. The first-order valence-corrected chi connectivity index (χ1v) is 11.2. The predicted molar refractivity (Wildman–Crippen MR) is 132 cm³/mol. The first kappa shape index (κ1) is 23.9. The van der Waals surface area contributed by atoms with Crippen molar-refractivity contribution in [3.8, 4) is 11.5 Å². The van der Waals surface area contributed by atoms with E-state index in [0.717, 1.165) is 10.5 Å². The third-order valence-electron chi connectivity index (χ3n) is 5.14. The monoisotopic (exact) mass is 534 g/mol. The molecule has 0 saturated carbocycles. The molecule has 0 spiro atoms. The minimum absolute atomic E-state index is 0.137. The third-order valence-corrected chi connectivity index (χ3v) is 5.63. The summed E-state index contributed by atoms with van der Waals surface area (Å²) in [5.41, 5.74) is 1.46. The number of benzene rings is 3. The van der Waals surface area contributed by atoms with E-state index in [4.69, 9.17) is 9.47 Å². The Balaban J connectivity index is 1.71. The van der Waals surface area contributed by atoms with Crippen LogP contribution in [-0.2, 0) is 9.59 Å². The molecule has 0 aromatic heterocycles. The summed E-state index contributed by atoms with van der Waals surface area (Å²) in [4.78, 5) is 51.9. The van der Waals surface area contributed by atoms with Gasteiger partial charge in [0.2, 0.25) is 0 Å². The standard InChI is InChI=1S/C26H19BrN2O6/c1-15-5-3-6-16(11-15)25(32)35-22-10-9-18(27)12-17(22)13-21-23(30)28-26(33)29(24(21)31)19-7-4-8-20(14-19)34-2/h3-14H,1-2H3,(H,28,30,33)/b21-13-. The Morgan fingerprint density at radius 2 is 1.77 bits per heavy atom. The lowest BCUT2D eigenvalue weighted by Crippen LogP contribution is -2.54. The smallest absolute Gasteiger partial charge is 0.343 e. The van der Waals surface area contributed by atoms with Gasteiger partial charge in [0.05, 0.1) is 18.4 Å². The van der Waals surface area contributed by atoms with Crippen LogP contribution in [0.1, 0.15) is 21.5 Å². The topological polar surface area (TPSA) is 102 Å². The molecule has 0 radical (unpaired) electrons. The fourth-order valence-corrected chi connectivity index (χ4v) is 3.83. The van der Waals surface area contributed by atoms with Crippen molar-refractivity contribution in [3.05, 3.63) is 93.5 Å². The molecule has 9 heteroatoms. The number of imide groups is 2. The first-order valence-electron chi connectivity index (χ1n) is 10.4. The first-order chi connectivity index (χ1) is 16.8. The molecule has 0 unspecified atom stereocenters. The van der Waals surface area contributed by atoms with E-state index < -0.39 is 23.8 Å². The van der Waals surface area contributed by atoms with Crippen LogP contribution in [0.4, 0.5) is 10.5 Å². The predicted octanol–water partition coefficient (Wildman–Crippen LogP) is 4.65. The molecule has 4 rings (SSSR count). The lowest BCUT2D eigenvalue weighted by Gasteiger charge is -2.26. The highest BCUT2D eigenvalue weighted by atomic mass is 79.9. The van der Waals surface area contributed by atoms with Gasteiger partial charge in [0.25, 0.3) is 11.8 Å². The minimum Gasteiger partial charge on any atom is -0.497 e. The summed E-state index contributed by atoms with van der Waals surface area (Å²) in [7, 11) is 1.46. The summed E-state index contributed by atoms with van der Waals surface area (Å²) in [5.74, 6) is -1.72. The maximum Gasteiger partial charge on any atom is 0.343 e. The van der Waals surface area contributed by atoms with Gasteiger partial charge in [0.1, 0.15) is 17.1 Å². The average Bonchev–Trinajstić information content (AvgIpc) is 2.83. The van der Waals surface area contributed by atoms with Crippen LogP contribution >= 0.6 is 15.9 Å². The average molecular weight is 535 g/mol. The molecule has 1 aliphatic heterocycles. The molecule has 3 aromatic carbocycles. The van der Waals surface area contributed by atoms with Gasteiger partial charge in [-0.25, -0.2) is 14.5 Å². The van der Waals surface area contributed by atoms with E-state index in [1.54, 1.807) is 54.6 Å². The second-order valence-corrected chi connectivity index (χ2v) is 8.52. The number of esters is 1. The number of carbonyl (C=O) groups is 4. The van der Waals surface area contributed by atoms with Crippen LogP contribution in [0.2, 0.25) is 0 Å². The van der Waals surface area contributed by atoms with Gasteiger partial charge < -0.3 is 9.47 Å². The molecule has 35 heavy (non-hydrogen) atoms. The molecule has 0 bridgehead atoms. The quantitative estimate of drug-likeness (QED) is 0.221. The van der Waals surface area contributed by atoms with E-state index in [1.807, 2.05) is 13.0 Å². The number of rotatable bonds is 5. The van der Waals surface area contributed by atoms with E-state index in [9.17, 15) is 19.2 Å². The highest BCUT2D eigenvalue weighted by molar-refractivity contribution is 9.10. The van der Waals surface area contributed by atoms with Gasteiger partial charge in [-0.1, -0.05) is 39.7 Å². The highest BCUT2D eigenvalue weighted by Gasteiger charge is 2.37. The fourth-order valence-electron chi connectivity index (χ4n) is 3.45. The van der Waals surface area contributed by atoms with Gasteiger partial charge in [0.15, 0.2) is 0 Å². The summed E-state index contributed by atoms with van der Waals surface area (Å²) in [6, 6.07) is 17.2. The normalized spacial score (nSPS) is 14.7. The molecule has 4 amide bonds. The van der Waals surface area contributed by atoms with Crippen LogP contribution in [-0.4, -0.2) is 30.9 Å². The summed E-state index contributed by atoms with van der Waals surface area (Å²) in [6.45, 7) is 1.86. The number of amides is 4. The molecule has 1 fully saturated rings. The zero-order valence-corrected chi connectivity index (χ0v) is 20.3. The SMILES string of the molecule is COc1cccc(N2C(=O)NC(=O)/C(=C/c3cc(Br)ccc3OC(=O)c3cccc(C)c3)C2=O)c1. The number of aryl methyl sites for hydroxylation is 1. The van der Waals surface area contributed by atoms with E-state index in [1.165, 1.54) is 19.3 Å². The second kappa shape index (κ2) is 9.94. The van der Waals surface area contributed by atoms with Crippen molar-refractivity contribution >= 4 is 51.5 Å². The molecule has 1 aliphatic rings. The molecular formula is C26H19BrN2O6. The lowest BCUT2D eigenvalue weighted by molar-refractivity contribution is -0.122. The summed E-state index contributed by atoms with van der Waals surface area (Å²) in [6.07, 6.45) is 1.28. The van der Waals surface area contributed by atoms with E-state index in [0.29, 0.717) is 21.3 Å². The molecule has 0 atom stereocenters. The van der Waals surface area contributed by atoms with Gasteiger partial charge in [-0.3, -0.25) is 14.9 Å². The number of methoxy groups -OCH3 is 1. The fraction of sp³-hybridized carbons (Fsp3) is 0.0769. The van der Waals surface area contributed by atoms with E-state index in [-0.39, 0.29) is 17.0 Å². The van der Waals surface area contributed by atoms with Crippen molar-refractivity contribution in [1.82, 2.24) is 5.32 Å². The lowest BCUT2D eigenvalue weighted by atomic mass is 10.1. The number of anilines is 1. The van der Waals surface area contributed by atoms with Crippen LogP contribution < -0.4 is 19.7 Å². The molecular weight excluding hydrogens is 516 g/mol. The molecule has 1 heterocycles. The molecule has 1 saturated heterocycles. The van der Waals surface area contributed by atoms with Gasteiger partial charge in [-0.2, -0.15) is 0 Å². The Kier molecular flexibility index (Phi) is 6.79. The van der Waals surface area contributed by atoms with E-state index in [2.05, 4.69) is 21.2 Å². The zero-order chi connectivity index (χ0) is 25.1. The van der Waals surface area contributed by atoms with Gasteiger partial charge in [0, 0.05) is 16.1 Å². The molecule has 3 aromatic rings. The molecule has 176 valence electrons. The van der Waals surface area contributed by atoms with Crippen LogP contribution in [0.15, 0.2) is 76.8 Å². The Labute approximate surface area is 209 Å². The number of nitrogens with zero attached hydrogens (tertiary/aromatic N) is 1. The molecule has 0 aliphatic carbocycles. The number of urea groups is 1. The Morgan fingerprint density at radius 1 is 1.00 bits per heavy atom. The second-order valence-electron chi connectivity index (χ2n) is 7.60. The van der Waals surface area contributed by atoms with Gasteiger partial charge >= 0.3 is 12.0 Å². The summed E-state index contributed by atoms with van der Waals surface area (Å²) in [5, 5.41) is 2.17. The van der Waals surface area contributed by atoms with Gasteiger partial charge in [-0.15, -0.1) is 0 Å². The Bertz CT molecular complexity index is 1400. The van der Waals surface area contributed by atoms with Crippen molar-refractivity contribution in [2.45, 2.75) is 6.92 Å². The number of ether oxygens (including phenoxy) is 2. The van der Waals surface area contributed by atoms with Crippen molar-refractivity contribution in [2.24, 2.45) is 0 Å². The minimum atomic E-state index is -0.884. The third kappa shape index (κ3) is 5.15. The maximum atomic E-state index is 13.2. The number of nitrogens with one attached hydrogen (secondary N) is 1. The molecule has 8 nitrogen and oxygen atoms in total. The van der Waals surface area contributed by atoms with Crippen LogP contribution in [0.3, 0.4) is 0 Å². The molecule has 1 N–H and O–H groups in total. The van der Waals surface area contributed by atoms with Crippen molar-refractivity contribution in [3.63, 3.8) is 0 Å². The Morgan fingerprint density at radius 3 is 2.51 bits per heavy atom. The number of barbiturate groups is 1. The van der Waals surface area contributed by atoms with Crippen LogP contribution in [0.5, 0.6) is 11.5 Å². The zero-order valence-electron chi connectivity index (χ0n) is 18.7. The van der Waals surface area contributed by atoms with Crippen molar-refractivity contribution in [1.29, 1.82) is 0 Å². The van der Waals surface area contributed by atoms with Crippen molar-refractivity contribution in [2.75, 3.05) is 12.0 Å². The number of hydrogen-bond donors (Lipinski definition) is 1. The summed E-state index contributed by atoms with van der Waals surface area (Å²) >= 11 is 3.35. The van der Waals surface area contributed by atoms with Crippen molar-refractivity contribution < 1.29 is 28.7 Å². The number of hydrogen-bond acceptors (Lipinski definition) is 6.